The first-order valence-electron chi connectivity index (χ1n) is 8.87. The molecule has 2 rings (SSSR count). The van der Waals surface area contributed by atoms with Crippen LogP contribution in [-0.2, 0) is 9.53 Å². The molecule has 1 heterocycles. The van der Waals surface area contributed by atoms with Crippen LogP contribution in [0.2, 0.25) is 0 Å². The number of aliphatic carboxylic acids is 1. The number of rotatable bonds is 10. The van der Waals surface area contributed by atoms with Gasteiger partial charge in [-0.3, -0.25) is 9.59 Å². The second kappa shape index (κ2) is 9.77. The maximum atomic E-state index is 12.9. The second-order valence-corrected chi connectivity index (χ2v) is 6.19. The van der Waals surface area contributed by atoms with Gasteiger partial charge in [-0.2, -0.15) is 0 Å². The molecule has 6 heteroatoms. The highest BCUT2D eigenvalue weighted by Crippen LogP contribution is 2.19. The van der Waals surface area contributed by atoms with E-state index in [4.69, 9.17) is 4.74 Å². The second-order valence-electron chi connectivity index (χ2n) is 6.19. The minimum absolute atomic E-state index is 0.167. The first kappa shape index (κ1) is 19.7. The average molecular weight is 358 g/mol. The number of carbonyl (C=O) groups is 2. The highest BCUT2D eigenvalue weighted by molar-refractivity contribution is 5.93. The predicted molar refractivity (Wildman–Crippen MR) is 100 cm³/mol. The summed E-state index contributed by atoms with van der Waals surface area (Å²) in [5.41, 5.74) is 2.31. The predicted octanol–water partition coefficient (Wildman–Crippen LogP) is 3.27. The Bertz CT molecular complexity index is 712. The summed E-state index contributed by atoms with van der Waals surface area (Å²) in [6.07, 6.45) is 0.665. The summed E-state index contributed by atoms with van der Waals surface area (Å²) >= 11 is 0. The molecule has 0 aliphatic rings. The maximum Gasteiger partial charge on any atom is 0.308 e. The minimum Gasteiger partial charge on any atom is -0.481 e. The lowest BCUT2D eigenvalue weighted by Crippen LogP contribution is -2.38. The van der Waals surface area contributed by atoms with Crippen molar-refractivity contribution in [2.45, 2.75) is 20.3 Å². The number of amides is 1. The molecule has 2 aromatic rings. The fourth-order valence-corrected chi connectivity index (χ4v) is 2.66. The Hall–Kier alpha value is -2.60. The van der Waals surface area contributed by atoms with Crippen molar-refractivity contribution in [3.63, 3.8) is 0 Å². The van der Waals surface area contributed by atoms with Gasteiger partial charge >= 0.3 is 5.97 Å². The molecule has 26 heavy (non-hydrogen) atoms. The number of carboxylic acids is 1. The molecule has 1 amide bonds. The highest BCUT2D eigenvalue weighted by Gasteiger charge is 2.22. The number of nitrogens with one attached hydrogen (secondary N) is 1. The van der Waals surface area contributed by atoms with E-state index in [0.717, 1.165) is 11.3 Å². The van der Waals surface area contributed by atoms with E-state index in [0.29, 0.717) is 31.9 Å². The van der Waals surface area contributed by atoms with Gasteiger partial charge in [-0.05, 0) is 31.0 Å². The molecule has 0 fully saturated rings. The molecule has 6 nitrogen and oxygen atoms in total. The summed E-state index contributed by atoms with van der Waals surface area (Å²) in [4.78, 5) is 28.8. The van der Waals surface area contributed by atoms with Crippen molar-refractivity contribution < 1.29 is 19.4 Å². The van der Waals surface area contributed by atoms with Gasteiger partial charge in [-0.1, -0.05) is 37.3 Å². The van der Waals surface area contributed by atoms with Crippen molar-refractivity contribution in [3.05, 3.63) is 48.2 Å². The molecule has 1 atom stereocenters. The number of H-pyrrole nitrogens is 1. The van der Waals surface area contributed by atoms with Crippen molar-refractivity contribution in [3.8, 4) is 11.3 Å². The SMILES string of the molecule is CCOCCCN(CC(C)C(=O)O)C(=O)c1ccc(-c2ccccc2)[nH]1. The van der Waals surface area contributed by atoms with E-state index < -0.39 is 11.9 Å². The Balaban J connectivity index is 2.11. The largest absolute Gasteiger partial charge is 0.481 e. The third kappa shape index (κ3) is 5.46. The monoisotopic (exact) mass is 358 g/mol. The van der Waals surface area contributed by atoms with Crippen LogP contribution in [0.3, 0.4) is 0 Å². The average Bonchev–Trinajstić information content (AvgIpc) is 3.14. The number of carbonyl (C=O) groups excluding carboxylic acids is 1. The van der Waals surface area contributed by atoms with Crippen LogP contribution in [0.25, 0.3) is 11.3 Å². The van der Waals surface area contributed by atoms with Gasteiger partial charge in [0.1, 0.15) is 5.69 Å². The number of nitrogens with zero attached hydrogens (tertiary/aromatic N) is 1. The number of aromatic nitrogens is 1. The molecule has 1 aromatic carbocycles. The zero-order valence-corrected chi connectivity index (χ0v) is 15.3. The Kier molecular flexibility index (Phi) is 7.41. The van der Waals surface area contributed by atoms with Crippen LogP contribution in [0.4, 0.5) is 0 Å². The van der Waals surface area contributed by atoms with Crippen LogP contribution < -0.4 is 0 Å². The van der Waals surface area contributed by atoms with E-state index in [2.05, 4.69) is 4.98 Å². The van der Waals surface area contributed by atoms with E-state index >= 15 is 0 Å². The Morgan fingerprint density at radius 2 is 1.92 bits per heavy atom. The number of aromatic amines is 1. The Morgan fingerprint density at radius 1 is 1.19 bits per heavy atom. The fourth-order valence-electron chi connectivity index (χ4n) is 2.66. The smallest absolute Gasteiger partial charge is 0.308 e. The van der Waals surface area contributed by atoms with Crippen LogP contribution in [-0.4, -0.2) is 53.2 Å². The number of carboxylic acid groups (broad SMARTS) is 1. The van der Waals surface area contributed by atoms with Crippen molar-refractivity contribution >= 4 is 11.9 Å². The van der Waals surface area contributed by atoms with Crippen molar-refractivity contribution in [1.29, 1.82) is 0 Å². The van der Waals surface area contributed by atoms with Gasteiger partial charge in [0.15, 0.2) is 0 Å². The summed E-state index contributed by atoms with van der Waals surface area (Å²) < 4.78 is 5.32. The van der Waals surface area contributed by atoms with Crippen molar-refractivity contribution in [2.24, 2.45) is 5.92 Å². The standard InChI is InChI=1S/C20H26N2O4/c1-3-26-13-7-12-22(14-15(2)20(24)25)19(23)18-11-10-17(21-18)16-8-5-4-6-9-16/h4-6,8-11,15,21H,3,7,12-14H2,1-2H3,(H,24,25). The van der Waals surface area contributed by atoms with Crippen LogP contribution in [0.1, 0.15) is 30.8 Å². The van der Waals surface area contributed by atoms with Gasteiger partial charge in [0.25, 0.3) is 5.91 Å². The fraction of sp³-hybridized carbons (Fsp3) is 0.400. The molecule has 0 radical (unpaired) electrons. The first-order valence-corrected chi connectivity index (χ1v) is 8.87. The number of ether oxygens (including phenoxy) is 1. The Morgan fingerprint density at radius 3 is 2.58 bits per heavy atom. The molecule has 140 valence electrons. The zero-order valence-electron chi connectivity index (χ0n) is 15.3. The molecule has 1 aromatic heterocycles. The molecular formula is C20H26N2O4. The maximum absolute atomic E-state index is 12.9. The topological polar surface area (TPSA) is 82.6 Å². The van der Waals surface area contributed by atoms with Crippen LogP contribution in [0.5, 0.6) is 0 Å². The van der Waals surface area contributed by atoms with Crippen LogP contribution >= 0.6 is 0 Å². The Labute approximate surface area is 153 Å². The van der Waals surface area contributed by atoms with Gasteiger partial charge in [0.05, 0.1) is 5.92 Å². The van der Waals surface area contributed by atoms with Crippen LogP contribution in [0.15, 0.2) is 42.5 Å². The molecule has 0 bridgehead atoms. The minimum atomic E-state index is -0.913. The normalized spacial score (nSPS) is 11.9. The third-order valence-corrected chi connectivity index (χ3v) is 4.13. The van der Waals surface area contributed by atoms with Crippen LogP contribution in [0, 0.1) is 5.92 Å². The molecule has 1 unspecified atom stereocenters. The number of benzene rings is 1. The highest BCUT2D eigenvalue weighted by atomic mass is 16.5. The number of hydrogen-bond acceptors (Lipinski definition) is 3. The number of hydrogen-bond donors (Lipinski definition) is 2. The van der Waals surface area contributed by atoms with Gasteiger partial charge in [0.2, 0.25) is 0 Å². The lowest BCUT2D eigenvalue weighted by molar-refractivity contribution is -0.141. The van der Waals surface area contributed by atoms with Gasteiger partial charge in [0, 0.05) is 32.0 Å². The van der Waals surface area contributed by atoms with E-state index in [-0.39, 0.29) is 12.5 Å². The van der Waals surface area contributed by atoms with E-state index in [9.17, 15) is 14.7 Å². The molecule has 0 saturated heterocycles. The molecule has 0 saturated carbocycles. The molecule has 0 spiro atoms. The van der Waals surface area contributed by atoms with Crippen molar-refractivity contribution in [1.82, 2.24) is 9.88 Å². The molecule has 0 aliphatic heterocycles. The molecule has 0 aliphatic carbocycles. The van der Waals surface area contributed by atoms with Gasteiger partial charge in [-0.15, -0.1) is 0 Å². The van der Waals surface area contributed by atoms with E-state index in [1.54, 1.807) is 17.9 Å². The molecular weight excluding hydrogens is 332 g/mol. The van der Waals surface area contributed by atoms with E-state index in [1.807, 2.05) is 43.3 Å². The summed E-state index contributed by atoms with van der Waals surface area (Å²) in [5, 5.41) is 9.18. The molecule has 2 N–H and O–H groups in total. The zero-order chi connectivity index (χ0) is 18.9. The third-order valence-electron chi connectivity index (χ3n) is 4.13. The first-order chi connectivity index (χ1) is 12.5. The lowest BCUT2D eigenvalue weighted by Gasteiger charge is -2.24. The van der Waals surface area contributed by atoms with E-state index in [1.165, 1.54) is 0 Å². The summed E-state index contributed by atoms with van der Waals surface area (Å²) in [6.45, 7) is 5.31. The van der Waals surface area contributed by atoms with Gasteiger partial charge in [-0.25, -0.2) is 0 Å². The lowest BCUT2D eigenvalue weighted by atomic mass is 10.1. The summed E-state index contributed by atoms with van der Waals surface area (Å²) in [6, 6.07) is 13.3. The summed E-state index contributed by atoms with van der Waals surface area (Å²) in [5.74, 6) is -1.74. The van der Waals surface area contributed by atoms with Gasteiger partial charge < -0.3 is 19.7 Å². The quantitative estimate of drug-likeness (QED) is 0.639. The van der Waals surface area contributed by atoms with Crippen molar-refractivity contribution in [2.75, 3.05) is 26.3 Å². The summed E-state index contributed by atoms with van der Waals surface area (Å²) in [7, 11) is 0.